The third kappa shape index (κ3) is 5.23. The second-order valence-corrected chi connectivity index (χ2v) is 7.73. The zero-order valence-electron chi connectivity index (χ0n) is 18.1. The van der Waals surface area contributed by atoms with Gasteiger partial charge >= 0.3 is 5.97 Å². The minimum atomic E-state index is -0.517. The maximum Gasteiger partial charge on any atom is 0.355 e. The molecule has 1 amide bonds. The maximum absolute atomic E-state index is 13.3. The van der Waals surface area contributed by atoms with Crippen LogP contribution in [-0.2, 0) is 11.3 Å². The van der Waals surface area contributed by atoms with E-state index in [9.17, 15) is 14.4 Å². The van der Waals surface area contributed by atoms with Crippen molar-refractivity contribution < 1.29 is 19.1 Å². The van der Waals surface area contributed by atoms with E-state index in [1.54, 1.807) is 63.5 Å². The molecular weight excluding hydrogens is 430 g/mol. The maximum atomic E-state index is 13.3. The standard InChI is InChI=1S/C24H24ClN3O4/c1-4-32-24(31)22-15(2)21(16(3)27-22)20(29)14-28(13-17-6-5-11-26-12-17)23(30)18-7-9-19(25)10-8-18/h5-12,27H,4,13-14H2,1-3H3. The molecule has 2 heterocycles. The van der Waals surface area contributed by atoms with Crippen LogP contribution in [0.3, 0.4) is 0 Å². The van der Waals surface area contributed by atoms with Gasteiger partial charge in [0.15, 0.2) is 5.78 Å². The molecule has 0 saturated heterocycles. The lowest BCUT2D eigenvalue weighted by molar-refractivity contribution is 0.0519. The summed E-state index contributed by atoms with van der Waals surface area (Å²) in [4.78, 5) is 47.2. The first-order valence-electron chi connectivity index (χ1n) is 10.1. The zero-order chi connectivity index (χ0) is 23.3. The number of carbonyl (C=O) groups excluding carboxylic acids is 3. The number of H-pyrrole nitrogens is 1. The minimum Gasteiger partial charge on any atom is -0.461 e. The van der Waals surface area contributed by atoms with Crippen LogP contribution < -0.4 is 0 Å². The minimum absolute atomic E-state index is 0.168. The summed E-state index contributed by atoms with van der Waals surface area (Å²) >= 11 is 5.95. The van der Waals surface area contributed by atoms with Crippen LogP contribution in [0.5, 0.6) is 0 Å². The molecule has 0 spiro atoms. The Morgan fingerprint density at radius 1 is 1.12 bits per heavy atom. The summed E-state index contributed by atoms with van der Waals surface area (Å²) < 4.78 is 5.06. The molecule has 0 unspecified atom stereocenters. The summed E-state index contributed by atoms with van der Waals surface area (Å²) in [5.41, 5.74) is 2.89. The van der Waals surface area contributed by atoms with Crippen molar-refractivity contribution in [3.63, 3.8) is 0 Å². The average molecular weight is 454 g/mol. The highest BCUT2D eigenvalue weighted by Crippen LogP contribution is 2.21. The van der Waals surface area contributed by atoms with Gasteiger partial charge in [0.2, 0.25) is 0 Å². The Morgan fingerprint density at radius 3 is 2.47 bits per heavy atom. The largest absolute Gasteiger partial charge is 0.461 e. The number of Topliss-reactive ketones (excluding diaryl/α,β-unsaturated/α-hetero) is 1. The number of hydrogen-bond donors (Lipinski definition) is 1. The topological polar surface area (TPSA) is 92.4 Å². The first kappa shape index (κ1) is 23.2. The molecule has 0 aliphatic carbocycles. The van der Waals surface area contributed by atoms with E-state index >= 15 is 0 Å². The smallest absolute Gasteiger partial charge is 0.355 e. The first-order chi connectivity index (χ1) is 15.3. The molecule has 166 valence electrons. The SMILES string of the molecule is CCOC(=O)c1[nH]c(C)c(C(=O)CN(Cc2cccnc2)C(=O)c2ccc(Cl)cc2)c1C. The number of aryl methyl sites for hydroxylation is 1. The number of carbonyl (C=O) groups is 3. The highest BCUT2D eigenvalue weighted by atomic mass is 35.5. The van der Waals surface area contributed by atoms with E-state index in [-0.39, 0.29) is 37.1 Å². The van der Waals surface area contributed by atoms with Crippen LogP contribution in [-0.4, -0.2) is 45.7 Å². The lowest BCUT2D eigenvalue weighted by atomic mass is 10.0. The van der Waals surface area contributed by atoms with Gasteiger partial charge in [-0.15, -0.1) is 0 Å². The van der Waals surface area contributed by atoms with E-state index in [0.717, 1.165) is 5.56 Å². The number of nitrogens with zero attached hydrogens (tertiary/aromatic N) is 2. The monoisotopic (exact) mass is 453 g/mol. The van der Waals surface area contributed by atoms with Crippen LogP contribution in [0.4, 0.5) is 0 Å². The van der Waals surface area contributed by atoms with Gasteiger partial charge in [-0.25, -0.2) is 4.79 Å². The Bertz CT molecular complexity index is 1120. The van der Waals surface area contributed by atoms with Crippen LogP contribution in [0, 0.1) is 13.8 Å². The van der Waals surface area contributed by atoms with Crippen LogP contribution >= 0.6 is 11.6 Å². The van der Waals surface area contributed by atoms with Crippen molar-refractivity contribution in [1.29, 1.82) is 0 Å². The molecule has 0 saturated carbocycles. The number of ketones is 1. The van der Waals surface area contributed by atoms with Gasteiger partial charge in [0.1, 0.15) is 5.69 Å². The number of rotatable bonds is 8. The van der Waals surface area contributed by atoms with Gasteiger partial charge in [-0.2, -0.15) is 0 Å². The second-order valence-electron chi connectivity index (χ2n) is 7.30. The summed E-state index contributed by atoms with van der Waals surface area (Å²) in [6.07, 6.45) is 3.29. The van der Waals surface area contributed by atoms with Crippen molar-refractivity contribution in [2.24, 2.45) is 0 Å². The Kier molecular flexibility index (Phi) is 7.43. The molecule has 7 nitrogen and oxygen atoms in total. The van der Waals surface area contributed by atoms with E-state index in [1.165, 1.54) is 4.90 Å². The number of amides is 1. The molecule has 1 aromatic carbocycles. The number of halogens is 1. The molecule has 32 heavy (non-hydrogen) atoms. The van der Waals surface area contributed by atoms with Gasteiger partial charge in [-0.3, -0.25) is 14.6 Å². The molecule has 8 heteroatoms. The van der Waals surface area contributed by atoms with E-state index in [0.29, 0.717) is 27.4 Å². The summed E-state index contributed by atoms with van der Waals surface area (Å²) in [6, 6.07) is 10.1. The molecule has 2 aromatic heterocycles. The van der Waals surface area contributed by atoms with Crippen molar-refractivity contribution in [1.82, 2.24) is 14.9 Å². The molecule has 3 aromatic rings. The van der Waals surface area contributed by atoms with Crippen molar-refractivity contribution in [3.8, 4) is 0 Å². The number of aromatic amines is 1. The Balaban J connectivity index is 1.90. The van der Waals surface area contributed by atoms with Crippen LogP contribution in [0.15, 0.2) is 48.8 Å². The van der Waals surface area contributed by atoms with E-state index in [2.05, 4.69) is 9.97 Å². The predicted octanol–water partition coefficient (Wildman–Crippen LogP) is 4.38. The van der Waals surface area contributed by atoms with E-state index < -0.39 is 5.97 Å². The molecule has 0 bridgehead atoms. The lowest BCUT2D eigenvalue weighted by Crippen LogP contribution is -2.35. The predicted molar refractivity (Wildman–Crippen MR) is 121 cm³/mol. The van der Waals surface area contributed by atoms with Crippen molar-refractivity contribution in [2.75, 3.05) is 13.2 Å². The Hall–Kier alpha value is -3.45. The van der Waals surface area contributed by atoms with Gasteiger partial charge < -0.3 is 14.6 Å². The van der Waals surface area contributed by atoms with Gasteiger partial charge in [0, 0.05) is 40.8 Å². The fourth-order valence-electron chi connectivity index (χ4n) is 3.51. The highest BCUT2D eigenvalue weighted by molar-refractivity contribution is 6.30. The fourth-order valence-corrected chi connectivity index (χ4v) is 3.64. The average Bonchev–Trinajstić information content (AvgIpc) is 3.08. The number of benzene rings is 1. The summed E-state index contributed by atoms with van der Waals surface area (Å²) in [6.45, 7) is 5.39. The number of ether oxygens (including phenoxy) is 1. The van der Waals surface area contributed by atoms with E-state index in [1.807, 2.05) is 6.07 Å². The van der Waals surface area contributed by atoms with E-state index in [4.69, 9.17) is 16.3 Å². The number of esters is 1. The Labute approximate surface area is 191 Å². The van der Waals surface area contributed by atoms with Gasteiger partial charge in [-0.1, -0.05) is 17.7 Å². The summed E-state index contributed by atoms with van der Waals surface area (Å²) in [5, 5.41) is 0.515. The number of pyridine rings is 1. The molecule has 0 fully saturated rings. The quantitative estimate of drug-likeness (QED) is 0.403. The van der Waals surface area contributed by atoms with Crippen molar-refractivity contribution in [3.05, 3.63) is 87.5 Å². The van der Waals surface area contributed by atoms with Gasteiger partial charge in [-0.05, 0) is 62.2 Å². The third-order valence-corrected chi connectivity index (χ3v) is 5.26. The number of nitrogens with one attached hydrogen (secondary N) is 1. The van der Waals surface area contributed by atoms with Crippen LogP contribution in [0.2, 0.25) is 5.02 Å². The van der Waals surface area contributed by atoms with Crippen LogP contribution in [0.25, 0.3) is 0 Å². The number of hydrogen-bond acceptors (Lipinski definition) is 5. The fraction of sp³-hybridized carbons (Fsp3) is 0.250. The first-order valence-corrected chi connectivity index (χ1v) is 10.5. The Morgan fingerprint density at radius 2 is 1.84 bits per heavy atom. The molecule has 0 aliphatic rings. The van der Waals surface area contributed by atoms with Crippen LogP contribution in [0.1, 0.15) is 54.9 Å². The normalized spacial score (nSPS) is 10.6. The van der Waals surface area contributed by atoms with Gasteiger partial charge in [0.05, 0.1) is 13.2 Å². The number of aromatic nitrogens is 2. The molecule has 0 radical (unpaired) electrons. The molecule has 1 N–H and O–H groups in total. The lowest BCUT2D eigenvalue weighted by Gasteiger charge is -2.22. The highest BCUT2D eigenvalue weighted by Gasteiger charge is 2.26. The molecule has 3 rings (SSSR count). The zero-order valence-corrected chi connectivity index (χ0v) is 18.9. The van der Waals surface area contributed by atoms with Gasteiger partial charge in [0.25, 0.3) is 5.91 Å². The third-order valence-electron chi connectivity index (χ3n) is 5.00. The molecule has 0 aliphatic heterocycles. The molecule has 0 atom stereocenters. The summed E-state index contributed by atoms with van der Waals surface area (Å²) in [7, 11) is 0. The molecular formula is C24H24ClN3O4. The summed E-state index contributed by atoms with van der Waals surface area (Å²) in [5.74, 6) is -1.11. The van der Waals surface area contributed by atoms with Crippen molar-refractivity contribution >= 4 is 29.3 Å². The second kappa shape index (κ2) is 10.2. The van der Waals surface area contributed by atoms with Crippen molar-refractivity contribution in [2.45, 2.75) is 27.3 Å².